The molecule has 0 unspecified atom stereocenters. The zero-order valence-corrected chi connectivity index (χ0v) is 15.5. The van der Waals surface area contributed by atoms with Crippen molar-refractivity contribution in [3.8, 4) is 0 Å². The molecule has 1 fully saturated rings. The van der Waals surface area contributed by atoms with Gasteiger partial charge in [-0.15, -0.1) is 0 Å². The fourth-order valence-electron chi connectivity index (χ4n) is 3.09. The molecule has 0 aliphatic carbocycles. The molecule has 7 heteroatoms. The van der Waals surface area contributed by atoms with Gasteiger partial charge in [-0.2, -0.15) is 0 Å². The third-order valence-electron chi connectivity index (χ3n) is 4.46. The summed E-state index contributed by atoms with van der Waals surface area (Å²) in [6, 6.07) is 5.53. The van der Waals surface area contributed by atoms with Gasteiger partial charge in [-0.1, -0.05) is 30.5 Å². The molecule has 1 aliphatic heterocycles. The molecule has 138 valence electrons. The van der Waals surface area contributed by atoms with Crippen molar-refractivity contribution in [3.05, 3.63) is 41.3 Å². The van der Waals surface area contributed by atoms with Gasteiger partial charge in [0.15, 0.2) is 11.3 Å². The van der Waals surface area contributed by atoms with Crippen LogP contribution >= 0.6 is 11.6 Å². The van der Waals surface area contributed by atoms with Crippen molar-refractivity contribution in [2.24, 2.45) is 0 Å². The summed E-state index contributed by atoms with van der Waals surface area (Å²) < 4.78 is 7.04. The lowest BCUT2D eigenvalue weighted by Crippen LogP contribution is -2.40. The maximum absolute atomic E-state index is 12.4. The Bertz CT molecular complexity index is 823. The number of esters is 1. The first kappa shape index (κ1) is 18.5. The molecule has 2 aromatic rings. The highest BCUT2D eigenvalue weighted by molar-refractivity contribution is 6.31. The van der Waals surface area contributed by atoms with E-state index in [2.05, 4.69) is 4.98 Å². The summed E-state index contributed by atoms with van der Waals surface area (Å²) in [6.07, 6.45) is 8.11. The number of hydrogen-bond donors (Lipinski definition) is 0. The van der Waals surface area contributed by atoms with Gasteiger partial charge in [0.2, 0.25) is 0 Å². The standard InChI is InChI=1S/C19H22ClN3O3/c1-14(19(25)22-11-5-2-3-6-12-22)26-17(24)10-9-15-18(20)21-16-8-4-7-13-23(15)16/h4,7-10,13-14H,2-3,5-6,11-12H2,1H3/b10-9+/t14-/m0/s1. The number of ether oxygens (including phenoxy) is 1. The van der Waals surface area contributed by atoms with Gasteiger partial charge in [0.25, 0.3) is 5.91 Å². The highest BCUT2D eigenvalue weighted by Gasteiger charge is 2.23. The van der Waals surface area contributed by atoms with E-state index in [1.54, 1.807) is 22.3 Å². The molecule has 1 amide bonds. The van der Waals surface area contributed by atoms with E-state index in [1.165, 1.54) is 6.08 Å². The van der Waals surface area contributed by atoms with Crippen LogP contribution in [0.25, 0.3) is 11.7 Å². The number of halogens is 1. The molecular formula is C19H22ClN3O3. The molecule has 0 bridgehead atoms. The number of amides is 1. The molecule has 3 heterocycles. The Morgan fingerprint density at radius 2 is 1.96 bits per heavy atom. The lowest BCUT2D eigenvalue weighted by Gasteiger charge is -2.23. The summed E-state index contributed by atoms with van der Waals surface area (Å²) in [5.74, 6) is -0.718. The third kappa shape index (κ3) is 4.25. The van der Waals surface area contributed by atoms with Crippen LogP contribution in [0.5, 0.6) is 0 Å². The second-order valence-electron chi connectivity index (χ2n) is 6.37. The van der Waals surface area contributed by atoms with E-state index >= 15 is 0 Å². The third-order valence-corrected chi connectivity index (χ3v) is 4.74. The molecular weight excluding hydrogens is 354 g/mol. The first-order chi connectivity index (χ1) is 12.6. The fourth-order valence-corrected chi connectivity index (χ4v) is 3.33. The van der Waals surface area contributed by atoms with Gasteiger partial charge in [-0.05, 0) is 38.0 Å². The highest BCUT2D eigenvalue weighted by atomic mass is 35.5. The summed E-state index contributed by atoms with van der Waals surface area (Å²) in [5, 5.41) is 0.300. The lowest BCUT2D eigenvalue weighted by atomic mass is 10.2. The van der Waals surface area contributed by atoms with E-state index in [1.807, 2.05) is 24.4 Å². The Balaban J connectivity index is 1.63. The van der Waals surface area contributed by atoms with Gasteiger partial charge >= 0.3 is 5.97 Å². The predicted molar refractivity (Wildman–Crippen MR) is 99.8 cm³/mol. The second-order valence-corrected chi connectivity index (χ2v) is 6.73. The van der Waals surface area contributed by atoms with Crippen molar-refractivity contribution in [2.45, 2.75) is 38.7 Å². The molecule has 0 aromatic carbocycles. The lowest BCUT2D eigenvalue weighted by molar-refractivity contribution is -0.155. The second kappa shape index (κ2) is 8.36. The zero-order chi connectivity index (χ0) is 18.5. The van der Waals surface area contributed by atoms with Crippen molar-refractivity contribution >= 4 is 35.2 Å². The predicted octanol–water partition coefficient (Wildman–Crippen LogP) is 3.34. The highest BCUT2D eigenvalue weighted by Crippen LogP contribution is 2.19. The minimum atomic E-state index is -0.803. The van der Waals surface area contributed by atoms with Crippen molar-refractivity contribution < 1.29 is 14.3 Å². The molecule has 0 N–H and O–H groups in total. The van der Waals surface area contributed by atoms with Crippen LogP contribution in [0.15, 0.2) is 30.5 Å². The average molecular weight is 376 g/mol. The monoisotopic (exact) mass is 375 g/mol. The Morgan fingerprint density at radius 1 is 1.23 bits per heavy atom. The molecule has 3 rings (SSSR count). The number of nitrogens with zero attached hydrogens (tertiary/aromatic N) is 3. The van der Waals surface area contributed by atoms with Gasteiger partial charge in [0.1, 0.15) is 5.65 Å². The van der Waals surface area contributed by atoms with E-state index in [-0.39, 0.29) is 5.91 Å². The van der Waals surface area contributed by atoms with Gasteiger partial charge in [0.05, 0.1) is 5.69 Å². The van der Waals surface area contributed by atoms with Crippen molar-refractivity contribution in [3.63, 3.8) is 0 Å². The van der Waals surface area contributed by atoms with E-state index < -0.39 is 12.1 Å². The number of likely N-dealkylation sites (tertiary alicyclic amines) is 1. The van der Waals surface area contributed by atoms with Crippen LogP contribution < -0.4 is 0 Å². The molecule has 26 heavy (non-hydrogen) atoms. The number of imidazole rings is 1. The molecule has 1 saturated heterocycles. The molecule has 0 radical (unpaired) electrons. The fraction of sp³-hybridized carbons (Fsp3) is 0.421. The van der Waals surface area contributed by atoms with Crippen LogP contribution in [0.2, 0.25) is 5.15 Å². The summed E-state index contributed by atoms with van der Waals surface area (Å²) >= 11 is 6.13. The minimum absolute atomic E-state index is 0.138. The molecule has 1 atom stereocenters. The normalized spacial score (nSPS) is 16.6. The SMILES string of the molecule is C[C@H](OC(=O)/C=C/c1c(Cl)nc2ccccn12)C(=O)N1CCCCCC1. The number of rotatable bonds is 4. The molecule has 6 nitrogen and oxygen atoms in total. The summed E-state index contributed by atoms with van der Waals surface area (Å²) in [7, 11) is 0. The number of carbonyl (C=O) groups is 2. The Kier molecular flexibility index (Phi) is 5.93. The van der Waals surface area contributed by atoms with E-state index in [0.29, 0.717) is 16.5 Å². The van der Waals surface area contributed by atoms with Crippen LogP contribution in [0.3, 0.4) is 0 Å². The van der Waals surface area contributed by atoms with Gasteiger partial charge in [0, 0.05) is 25.4 Å². The molecule has 0 saturated carbocycles. The summed E-state index contributed by atoms with van der Waals surface area (Å²) in [4.78, 5) is 30.5. The Hall–Kier alpha value is -2.34. The minimum Gasteiger partial charge on any atom is -0.449 e. The smallest absolute Gasteiger partial charge is 0.331 e. The molecule has 1 aliphatic rings. The summed E-state index contributed by atoms with van der Waals surface area (Å²) in [5.41, 5.74) is 1.28. The van der Waals surface area contributed by atoms with E-state index in [4.69, 9.17) is 16.3 Å². The zero-order valence-electron chi connectivity index (χ0n) is 14.7. The van der Waals surface area contributed by atoms with E-state index in [0.717, 1.165) is 38.8 Å². The number of hydrogen-bond acceptors (Lipinski definition) is 4. The van der Waals surface area contributed by atoms with Crippen molar-refractivity contribution in [1.82, 2.24) is 14.3 Å². The average Bonchev–Trinajstić information content (AvgIpc) is 2.79. The number of fused-ring (bicyclic) bond motifs is 1. The summed E-state index contributed by atoms with van der Waals surface area (Å²) in [6.45, 7) is 3.07. The van der Waals surface area contributed by atoms with Gasteiger partial charge in [-0.25, -0.2) is 9.78 Å². The maximum atomic E-state index is 12.4. The van der Waals surface area contributed by atoms with Gasteiger partial charge in [-0.3, -0.25) is 9.20 Å². The number of carbonyl (C=O) groups excluding carboxylic acids is 2. The van der Waals surface area contributed by atoms with Crippen LogP contribution in [-0.4, -0.2) is 45.4 Å². The Morgan fingerprint density at radius 3 is 2.69 bits per heavy atom. The van der Waals surface area contributed by atoms with Crippen LogP contribution in [0.1, 0.15) is 38.3 Å². The van der Waals surface area contributed by atoms with E-state index in [9.17, 15) is 9.59 Å². The largest absolute Gasteiger partial charge is 0.449 e. The van der Waals surface area contributed by atoms with Crippen LogP contribution in [-0.2, 0) is 14.3 Å². The number of pyridine rings is 1. The quantitative estimate of drug-likeness (QED) is 0.607. The van der Waals surface area contributed by atoms with Crippen molar-refractivity contribution in [1.29, 1.82) is 0 Å². The Labute approximate surface area is 157 Å². The maximum Gasteiger partial charge on any atom is 0.331 e. The van der Waals surface area contributed by atoms with Crippen LogP contribution in [0.4, 0.5) is 0 Å². The molecule has 2 aromatic heterocycles. The van der Waals surface area contributed by atoms with Gasteiger partial charge < -0.3 is 9.64 Å². The molecule has 0 spiro atoms. The topological polar surface area (TPSA) is 63.9 Å². The first-order valence-electron chi connectivity index (χ1n) is 8.86. The van der Waals surface area contributed by atoms with Crippen LogP contribution in [0, 0.1) is 0 Å². The number of aromatic nitrogens is 2. The van der Waals surface area contributed by atoms with Crippen molar-refractivity contribution in [2.75, 3.05) is 13.1 Å². The first-order valence-corrected chi connectivity index (χ1v) is 9.24.